The quantitative estimate of drug-likeness (QED) is 0.507. The molecule has 0 radical (unpaired) electrons. The molecule has 2 amide bonds. The maximum Gasteiger partial charge on any atom is 0.281 e. The molecule has 0 saturated carbocycles. The zero-order chi connectivity index (χ0) is 18.4. The van der Waals surface area contributed by atoms with E-state index in [1.807, 2.05) is 0 Å². The van der Waals surface area contributed by atoms with Crippen LogP contribution in [0.3, 0.4) is 0 Å². The average molecular weight is 385 g/mol. The molecule has 0 fully saturated rings. The first-order valence-corrected chi connectivity index (χ1v) is 8.40. The molecule has 0 aliphatic carbocycles. The van der Waals surface area contributed by atoms with Crippen molar-refractivity contribution in [3.8, 4) is 0 Å². The lowest BCUT2D eigenvalue weighted by atomic mass is 10.1. The normalized spacial score (nSPS) is 13.2. The molecule has 0 spiro atoms. The summed E-state index contributed by atoms with van der Waals surface area (Å²) in [4.78, 5) is 38.2. The molecule has 4 rings (SSSR count). The summed E-state index contributed by atoms with van der Waals surface area (Å²) in [6.45, 7) is 0. The van der Waals surface area contributed by atoms with Crippen molar-refractivity contribution in [3.05, 3.63) is 93.2 Å². The summed E-state index contributed by atoms with van der Waals surface area (Å²) in [6, 6.07) is 14.2. The summed E-state index contributed by atoms with van der Waals surface area (Å²) in [7, 11) is 0. The topological polar surface area (TPSA) is 59.4 Å². The Morgan fingerprint density at radius 3 is 2.12 bits per heavy atom. The summed E-state index contributed by atoms with van der Waals surface area (Å²) in [5, 5.41) is 1.54. The van der Waals surface area contributed by atoms with Crippen LogP contribution in [0.4, 0.5) is 0 Å². The molecule has 128 valence electrons. The van der Waals surface area contributed by atoms with Gasteiger partial charge in [-0.15, -0.1) is 0 Å². The monoisotopic (exact) mass is 384 g/mol. The number of rotatable bonds is 3. The Morgan fingerprint density at radius 2 is 1.50 bits per heavy atom. The zero-order valence-electron chi connectivity index (χ0n) is 13.1. The summed E-state index contributed by atoms with van der Waals surface area (Å²) in [6.07, 6.45) is 1.48. The van der Waals surface area contributed by atoms with Crippen LogP contribution in [0.15, 0.2) is 60.8 Å². The van der Waals surface area contributed by atoms with Gasteiger partial charge in [0.15, 0.2) is 0 Å². The van der Waals surface area contributed by atoms with Crippen LogP contribution in [-0.4, -0.2) is 22.3 Å². The van der Waals surface area contributed by atoms with Gasteiger partial charge in [-0.2, -0.15) is 5.01 Å². The Balaban J connectivity index is 1.78. The van der Waals surface area contributed by atoms with E-state index < -0.39 is 17.6 Å². The number of fused-ring (bicyclic) bond motifs is 1. The van der Waals surface area contributed by atoms with Gasteiger partial charge in [-0.25, -0.2) is 4.68 Å². The maximum atomic E-state index is 12.9. The first-order chi connectivity index (χ1) is 12.5. The van der Waals surface area contributed by atoms with Crippen LogP contribution < -0.4 is 5.01 Å². The van der Waals surface area contributed by atoms with E-state index in [0.717, 1.165) is 5.01 Å². The fourth-order valence-electron chi connectivity index (χ4n) is 2.91. The van der Waals surface area contributed by atoms with Crippen LogP contribution >= 0.6 is 23.2 Å². The number of carbonyl (C=O) groups excluding carboxylic acids is 3. The maximum absolute atomic E-state index is 12.9. The molecule has 0 atom stereocenters. The molecule has 3 aromatic rings. The van der Waals surface area contributed by atoms with Gasteiger partial charge < -0.3 is 0 Å². The number of aromatic nitrogens is 1. The van der Waals surface area contributed by atoms with Gasteiger partial charge in [-0.3, -0.25) is 14.4 Å². The number of halogens is 2. The molecule has 7 heteroatoms. The number of hydrogen-bond donors (Lipinski definition) is 0. The van der Waals surface area contributed by atoms with Gasteiger partial charge in [0, 0.05) is 16.8 Å². The van der Waals surface area contributed by atoms with Gasteiger partial charge in [0.2, 0.25) is 5.78 Å². The summed E-state index contributed by atoms with van der Waals surface area (Å²) < 4.78 is 1.25. The van der Waals surface area contributed by atoms with Crippen molar-refractivity contribution in [2.75, 3.05) is 5.01 Å². The zero-order valence-corrected chi connectivity index (χ0v) is 14.7. The summed E-state index contributed by atoms with van der Waals surface area (Å²) in [5.74, 6) is -1.40. The Morgan fingerprint density at radius 1 is 0.846 bits per heavy atom. The van der Waals surface area contributed by atoms with Crippen molar-refractivity contribution >= 4 is 40.8 Å². The van der Waals surface area contributed by atoms with Crippen molar-refractivity contribution in [2.24, 2.45) is 0 Å². The van der Waals surface area contributed by atoms with E-state index in [4.69, 9.17) is 23.2 Å². The number of nitrogens with zero attached hydrogens (tertiary/aromatic N) is 2. The lowest BCUT2D eigenvalue weighted by Gasteiger charge is -2.18. The molecule has 1 aliphatic heterocycles. The van der Waals surface area contributed by atoms with Crippen LogP contribution in [0.2, 0.25) is 10.0 Å². The molecule has 1 aliphatic rings. The molecule has 0 unspecified atom stereocenters. The van der Waals surface area contributed by atoms with Crippen molar-refractivity contribution in [1.82, 2.24) is 4.68 Å². The van der Waals surface area contributed by atoms with Crippen LogP contribution in [0.25, 0.3) is 0 Å². The number of imide groups is 1. The van der Waals surface area contributed by atoms with E-state index in [-0.39, 0.29) is 16.3 Å². The van der Waals surface area contributed by atoms with Crippen molar-refractivity contribution in [2.45, 2.75) is 0 Å². The predicted molar refractivity (Wildman–Crippen MR) is 97.6 cm³/mol. The van der Waals surface area contributed by atoms with Crippen LogP contribution in [0.1, 0.15) is 36.8 Å². The smallest absolute Gasteiger partial charge is 0.281 e. The fraction of sp³-hybridized carbons (Fsp3) is 0. The third kappa shape index (κ3) is 2.44. The van der Waals surface area contributed by atoms with Gasteiger partial charge in [-0.05, 0) is 42.5 Å². The van der Waals surface area contributed by atoms with Crippen LogP contribution in [0, 0.1) is 0 Å². The molecule has 0 N–H and O–H groups in total. The molecular formula is C19H10Cl2N2O3. The largest absolute Gasteiger partial charge is 0.287 e. The Kier molecular flexibility index (Phi) is 3.90. The van der Waals surface area contributed by atoms with Crippen molar-refractivity contribution in [1.29, 1.82) is 0 Å². The van der Waals surface area contributed by atoms with E-state index in [1.165, 1.54) is 29.1 Å². The van der Waals surface area contributed by atoms with E-state index in [9.17, 15) is 14.4 Å². The van der Waals surface area contributed by atoms with Crippen molar-refractivity contribution in [3.63, 3.8) is 0 Å². The highest BCUT2D eigenvalue weighted by Crippen LogP contribution is 2.26. The van der Waals surface area contributed by atoms with Crippen molar-refractivity contribution < 1.29 is 14.4 Å². The number of ketones is 1. The lowest BCUT2D eigenvalue weighted by molar-refractivity contribution is 0.0884. The fourth-order valence-corrected chi connectivity index (χ4v) is 3.40. The Labute approximate surface area is 158 Å². The second kappa shape index (κ2) is 6.12. The molecule has 2 aromatic carbocycles. The minimum absolute atomic E-state index is 0.142. The van der Waals surface area contributed by atoms with Gasteiger partial charge in [0.1, 0.15) is 5.69 Å². The number of hydrogen-bond acceptors (Lipinski definition) is 3. The van der Waals surface area contributed by atoms with Gasteiger partial charge in [0.25, 0.3) is 11.8 Å². The highest BCUT2D eigenvalue weighted by Gasteiger charge is 2.38. The highest BCUT2D eigenvalue weighted by atomic mass is 35.5. The van der Waals surface area contributed by atoms with E-state index in [0.29, 0.717) is 16.1 Å². The standard InChI is InChI=1S/C19H10Cl2N2O3/c20-11-7-8-14(15(21)10-11)17(24)16-6-3-9-22(16)23-18(25)12-4-1-2-5-13(12)19(23)26/h1-10H. The van der Waals surface area contributed by atoms with Gasteiger partial charge in [-0.1, -0.05) is 35.3 Å². The molecular weight excluding hydrogens is 375 g/mol. The first-order valence-electron chi connectivity index (χ1n) is 7.64. The summed E-state index contributed by atoms with van der Waals surface area (Å²) >= 11 is 12.0. The Bertz CT molecular complexity index is 1050. The van der Waals surface area contributed by atoms with E-state index in [2.05, 4.69) is 0 Å². The Hall–Kier alpha value is -2.89. The molecule has 0 bridgehead atoms. The van der Waals surface area contributed by atoms with Gasteiger partial charge in [0.05, 0.1) is 16.1 Å². The average Bonchev–Trinajstić information content (AvgIpc) is 3.18. The van der Waals surface area contributed by atoms with E-state index >= 15 is 0 Å². The predicted octanol–water partition coefficient (Wildman–Crippen LogP) is 3.96. The highest BCUT2D eigenvalue weighted by molar-refractivity contribution is 6.37. The minimum Gasteiger partial charge on any atom is -0.287 e. The first kappa shape index (κ1) is 16.6. The third-order valence-corrected chi connectivity index (χ3v) is 4.67. The second-order valence-corrected chi connectivity index (χ2v) is 6.50. The van der Waals surface area contributed by atoms with Gasteiger partial charge >= 0.3 is 0 Å². The minimum atomic E-state index is -0.488. The van der Waals surface area contributed by atoms with Crippen LogP contribution in [-0.2, 0) is 0 Å². The van der Waals surface area contributed by atoms with Crippen LogP contribution in [0.5, 0.6) is 0 Å². The third-order valence-electron chi connectivity index (χ3n) is 4.12. The molecule has 5 nitrogen and oxygen atoms in total. The molecule has 2 heterocycles. The molecule has 1 aromatic heterocycles. The number of benzene rings is 2. The molecule has 26 heavy (non-hydrogen) atoms. The number of amides is 2. The second-order valence-electron chi connectivity index (χ2n) is 5.66. The van der Waals surface area contributed by atoms with E-state index in [1.54, 1.807) is 36.4 Å². The lowest BCUT2D eigenvalue weighted by Crippen LogP contribution is -2.41. The SMILES string of the molecule is O=C(c1ccc(Cl)cc1Cl)c1cccn1N1C(=O)c2ccccc2C1=O. The summed E-state index contributed by atoms with van der Waals surface area (Å²) in [5.41, 5.74) is 0.972. The molecule has 0 saturated heterocycles. The number of carbonyl (C=O) groups is 3.